The summed E-state index contributed by atoms with van der Waals surface area (Å²) in [7, 11) is 0. The number of carbonyl (C=O) groups is 2. The molecular formula is C29H35F2N7O4. The molecule has 13 heteroatoms. The van der Waals surface area contributed by atoms with Crippen molar-refractivity contribution < 1.29 is 27.8 Å². The Labute approximate surface area is 242 Å². The molecule has 3 aliphatic heterocycles. The first-order valence-electron chi connectivity index (χ1n) is 14.5. The fourth-order valence-corrected chi connectivity index (χ4v) is 6.00. The van der Waals surface area contributed by atoms with E-state index >= 15 is 0 Å². The van der Waals surface area contributed by atoms with Gasteiger partial charge in [0, 0.05) is 64.1 Å². The van der Waals surface area contributed by atoms with E-state index in [1.807, 2.05) is 9.80 Å². The van der Waals surface area contributed by atoms with Crippen LogP contribution in [0.25, 0.3) is 16.9 Å². The van der Waals surface area contributed by atoms with E-state index in [1.54, 1.807) is 42.2 Å². The molecule has 0 saturated carbocycles. The second-order valence-electron chi connectivity index (χ2n) is 11.1. The van der Waals surface area contributed by atoms with Crippen LogP contribution in [-0.2, 0) is 14.3 Å². The molecule has 3 aliphatic rings. The molecule has 5 heterocycles. The predicted octanol–water partition coefficient (Wildman–Crippen LogP) is 3.08. The van der Waals surface area contributed by atoms with Gasteiger partial charge in [0.1, 0.15) is 5.82 Å². The van der Waals surface area contributed by atoms with Crippen LogP contribution in [0.3, 0.4) is 0 Å². The Balaban J connectivity index is 1.19. The molecule has 6 rings (SSSR count). The van der Waals surface area contributed by atoms with Crippen LogP contribution in [0.1, 0.15) is 38.4 Å². The van der Waals surface area contributed by atoms with Crippen LogP contribution in [0, 0.1) is 11.8 Å². The highest BCUT2D eigenvalue weighted by Gasteiger charge is 2.34. The maximum atomic E-state index is 14.1. The number of imidazole rings is 1. The van der Waals surface area contributed by atoms with Crippen molar-refractivity contribution in [3.05, 3.63) is 36.2 Å². The zero-order valence-electron chi connectivity index (χ0n) is 23.6. The number of carbonyl (C=O) groups excluding carboxylic acids is 2. The van der Waals surface area contributed by atoms with Crippen LogP contribution in [0.4, 0.5) is 14.7 Å². The molecule has 42 heavy (non-hydrogen) atoms. The number of amides is 2. The Bertz CT molecular complexity index is 1440. The first-order chi connectivity index (χ1) is 20.4. The molecule has 3 saturated heterocycles. The normalized spacial score (nSPS) is 20.1. The van der Waals surface area contributed by atoms with E-state index in [1.165, 1.54) is 4.57 Å². The van der Waals surface area contributed by atoms with Crippen molar-refractivity contribution in [2.75, 3.05) is 64.0 Å². The van der Waals surface area contributed by atoms with Gasteiger partial charge in [0.2, 0.25) is 23.6 Å². The number of anilines is 1. The second kappa shape index (κ2) is 12.2. The standard InChI is InChI=1S/C29H35F2N7O4/c1-19(39)35-10-7-21(8-11-35)28(40)37-9-6-20(17-37)18-42-25-16-24(33-29(34-25)36-12-14-41-15-13-36)38-23-5-3-2-4-22(23)32-27(38)26(30)31/h2-5,16,20-21,26H,6-15,17-18H2,1H3/t20-/m0/s1. The molecular weight excluding hydrogens is 548 g/mol. The Hall–Kier alpha value is -3.87. The molecule has 3 aromatic rings. The Morgan fingerprint density at radius 2 is 1.74 bits per heavy atom. The van der Waals surface area contributed by atoms with Crippen LogP contribution in [0.15, 0.2) is 30.3 Å². The monoisotopic (exact) mass is 583 g/mol. The number of likely N-dealkylation sites (tertiary alicyclic amines) is 2. The number of ether oxygens (including phenoxy) is 2. The van der Waals surface area contributed by atoms with E-state index in [9.17, 15) is 18.4 Å². The van der Waals surface area contributed by atoms with Crippen molar-refractivity contribution >= 4 is 28.8 Å². The molecule has 0 aliphatic carbocycles. The number of benzene rings is 1. The second-order valence-corrected chi connectivity index (χ2v) is 11.1. The summed E-state index contributed by atoms with van der Waals surface area (Å²) < 4.78 is 41.2. The zero-order valence-corrected chi connectivity index (χ0v) is 23.6. The number of alkyl halides is 2. The predicted molar refractivity (Wildman–Crippen MR) is 150 cm³/mol. The number of halogens is 2. The van der Waals surface area contributed by atoms with E-state index in [0.717, 1.165) is 6.42 Å². The van der Waals surface area contributed by atoms with Crippen LogP contribution in [0.2, 0.25) is 0 Å². The average molecular weight is 584 g/mol. The Morgan fingerprint density at radius 1 is 1.00 bits per heavy atom. The summed E-state index contributed by atoms with van der Waals surface area (Å²) >= 11 is 0. The van der Waals surface area contributed by atoms with E-state index in [2.05, 4.69) is 15.0 Å². The number of aromatic nitrogens is 4. The summed E-state index contributed by atoms with van der Waals surface area (Å²) in [5, 5.41) is 0. The quantitative estimate of drug-likeness (QED) is 0.418. The lowest BCUT2D eigenvalue weighted by Crippen LogP contribution is -2.43. The minimum Gasteiger partial charge on any atom is -0.477 e. The maximum absolute atomic E-state index is 14.1. The van der Waals surface area contributed by atoms with Crippen molar-refractivity contribution in [1.29, 1.82) is 0 Å². The molecule has 1 atom stereocenters. The fourth-order valence-electron chi connectivity index (χ4n) is 6.00. The van der Waals surface area contributed by atoms with Crippen LogP contribution in [-0.4, -0.2) is 100 Å². The number of morpholine rings is 1. The molecule has 224 valence electrons. The topological polar surface area (TPSA) is 106 Å². The molecule has 11 nitrogen and oxygen atoms in total. The number of hydrogen-bond acceptors (Lipinski definition) is 8. The SMILES string of the molecule is CC(=O)N1CCC(C(=O)N2CC[C@H](COc3cc(-n4c(C(F)F)nc5ccccc54)nc(N4CCOCC4)n3)C2)CC1. The number of piperidine rings is 1. The van der Waals surface area contributed by atoms with Gasteiger partial charge in [0.15, 0.2) is 5.82 Å². The molecule has 0 N–H and O–H groups in total. The van der Waals surface area contributed by atoms with Crippen LogP contribution >= 0.6 is 0 Å². The first kappa shape index (κ1) is 28.3. The molecule has 0 unspecified atom stereocenters. The summed E-state index contributed by atoms with van der Waals surface area (Å²) in [4.78, 5) is 43.9. The molecule has 2 amide bonds. The minimum atomic E-state index is -2.81. The van der Waals surface area contributed by atoms with Crippen molar-refractivity contribution in [2.45, 2.75) is 32.6 Å². The van der Waals surface area contributed by atoms with E-state index in [-0.39, 0.29) is 35.3 Å². The third-order valence-electron chi connectivity index (χ3n) is 8.34. The highest BCUT2D eigenvalue weighted by atomic mass is 19.3. The van der Waals surface area contributed by atoms with Gasteiger partial charge in [0.05, 0.1) is 30.9 Å². The van der Waals surface area contributed by atoms with Crippen LogP contribution < -0.4 is 9.64 Å². The molecule has 2 aromatic heterocycles. The van der Waals surface area contributed by atoms with Crippen LogP contribution in [0.5, 0.6) is 5.88 Å². The van der Waals surface area contributed by atoms with Gasteiger partial charge < -0.3 is 24.2 Å². The minimum absolute atomic E-state index is 0.0515. The largest absolute Gasteiger partial charge is 0.477 e. The lowest BCUT2D eigenvalue weighted by atomic mass is 9.95. The Morgan fingerprint density at radius 3 is 2.48 bits per heavy atom. The van der Waals surface area contributed by atoms with Crippen molar-refractivity contribution in [3.63, 3.8) is 0 Å². The number of para-hydroxylation sites is 2. The number of rotatable bonds is 7. The smallest absolute Gasteiger partial charge is 0.296 e. The summed E-state index contributed by atoms with van der Waals surface area (Å²) in [6, 6.07) is 8.53. The summed E-state index contributed by atoms with van der Waals surface area (Å²) in [6.45, 7) is 6.54. The number of fused-ring (bicyclic) bond motifs is 1. The summed E-state index contributed by atoms with van der Waals surface area (Å²) in [5.74, 6) is 0.766. The lowest BCUT2D eigenvalue weighted by molar-refractivity contribution is -0.139. The maximum Gasteiger partial charge on any atom is 0.296 e. The highest BCUT2D eigenvalue weighted by molar-refractivity contribution is 5.80. The van der Waals surface area contributed by atoms with Crippen molar-refractivity contribution in [1.82, 2.24) is 29.3 Å². The van der Waals surface area contributed by atoms with Gasteiger partial charge in [-0.2, -0.15) is 9.97 Å². The summed E-state index contributed by atoms with van der Waals surface area (Å²) in [6.07, 6.45) is -0.629. The Kier molecular flexibility index (Phi) is 8.18. The van der Waals surface area contributed by atoms with E-state index in [0.29, 0.717) is 88.9 Å². The van der Waals surface area contributed by atoms with E-state index in [4.69, 9.17) is 9.47 Å². The lowest BCUT2D eigenvalue weighted by Gasteiger charge is -2.32. The van der Waals surface area contributed by atoms with Gasteiger partial charge in [-0.3, -0.25) is 14.2 Å². The van der Waals surface area contributed by atoms with Gasteiger partial charge in [-0.15, -0.1) is 0 Å². The van der Waals surface area contributed by atoms with E-state index < -0.39 is 12.2 Å². The van der Waals surface area contributed by atoms with Gasteiger partial charge in [0.25, 0.3) is 6.43 Å². The fraction of sp³-hybridized carbons (Fsp3) is 0.552. The van der Waals surface area contributed by atoms with Gasteiger partial charge in [-0.05, 0) is 31.4 Å². The number of hydrogen-bond donors (Lipinski definition) is 0. The third kappa shape index (κ3) is 5.87. The van der Waals surface area contributed by atoms with Crippen molar-refractivity contribution in [3.8, 4) is 11.7 Å². The molecule has 3 fully saturated rings. The molecule has 0 radical (unpaired) electrons. The molecule has 0 spiro atoms. The number of nitrogens with zero attached hydrogens (tertiary/aromatic N) is 7. The van der Waals surface area contributed by atoms with Gasteiger partial charge in [-0.1, -0.05) is 12.1 Å². The molecule has 0 bridgehead atoms. The third-order valence-corrected chi connectivity index (χ3v) is 8.34. The van der Waals surface area contributed by atoms with Crippen molar-refractivity contribution in [2.24, 2.45) is 11.8 Å². The van der Waals surface area contributed by atoms with Gasteiger partial charge >= 0.3 is 0 Å². The average Bonchev–Trinajstić information content (AvgIpc) is 3.65. The molecule has 1 aromatic carbocycles. The summed E-state index contributed by atoms with van der Waals surface area (Å²) in [5.41, 5.74) is 0.967. The van der Waals surface area contributed by atoms with Gasteiger partial charge in [-0.25, -0.2) is 13.8 Å². The highest BCUT2D eigenvalue weighted by Crippen LogP contribution is 2.30. The first-order valence-corrected chi connectivity index (χ1v) is 14.5. The zero-order chi connectivity index (χ0) is 29.2.